The van der Waals surface area contributed by atoms with E-state index in [1.165, 1.54) is 12.1 Å². The minimum Gasteiger partial charge on any atom is -0.487 e. The second-order valence-electron chi connectivity index (χ2n) is 9.83. The van der Waals surface area contributed by atoms with Crippen LogP contribution in [0.5, 0.6) is 5.75 Å². The van der Waals surface area contributed by atoms with Crippen molar-refractivity contribution in [2.75, 3.05) is 19.6 Å². The Balaban J connectivity index is 1.17. The van der Waals surface area contributed by atoms with Crippen molar-refractivity contribution in [2.24, 2.45) is 5.92 Å². The van der Waals surface area contributed by atoms with Gasteiger partial charge in [0.05, 0.1) is 11.7 Å². The van der Waals surface area contributed by atoms with Gasteiger partial charge in [0.25, 0.3) is 5.91 Å². The first-order chi connectivity index (χ1) is 16.1. The van der Waals surface area contributed by atoms with E-state index in [2.05, 4.69) is 4.90 Å². The normalized spacial score (nSPS) is 24.2. The largest absolute Gasteiger partial charge is 0.487 e. The highest BCUT2D eigenvalue weighted by molar-refractivity contribution is 6.01. The zero-order valence-electron chi connectivity index (χ0n) is 19.1. The number of halogens is 1. The van der Waals surface area contributed by atoms with Gasteiger partial charge in [0, 0.05) is 19.6 Å². The van der Waals surface area contributed by atoms with Crippen molar-refractivity contribution in [3.05, 3.63) is 65.0 Å². The summed E-state index contributed by atoms with van der Waals surface area (Å²) in [5, 5.41) is 10.3. The summed E-state index contributed by atoms with van der Waals surface area (Å²) in [6.45, 7) is 4.22. The van der Waals surface area contributed by atoms with E-state index in [4.69, 9.17) is 4.74 Å². The number of carbonyl (C=O) groups is 1. The number of nitrogens with zero attached hydrogens (tertiary/aromatic N) is 2. The molecule has 1 saturated carbocycles. The van der Waals surface area contributed by atoms with Gasteiger partial charge >= 0.3 is 0 Å². The SMILES string of the molecule is O=C1c2c(cccc2O[C@@H]2CCCC[C@H]2O)CN1CC1CCN(Cc2ccc(F)cc2)CC1. The molecule has 1 aliphatic carbocycles. The lowest BCUT2D eigenvalue weighted by molar-refractivity contribution is 0.00634. The summed E-state index contributed by atoms with van der Waals surface area (Å²) in [5.74, 6) is 0.967. The zero-order chi connectivity index (χ0) is 22.8. The molecule has 0 bridgehead atoms. The molecule has 1 amide bonds. The van der Waals surface area contributed by atoms with Crippen molar-refractivity contribution < 1.29 is 19.0 Å². The zero-order valence-corrected chi connectivity index (χ0v) is 19.1. The number of aliphatic hydroxyl groups is 1. The highest BCUT2D eigenvalue weighted by Crippen LogP contribution is 2.34. The topological polar surface area (TPSA) is 53.0 Å². The smallest absolute Gasteiger partial charge is 0.258 e. The number of benzene rings is 2. The summed E-state index contributed by atoms with van der Waals surface area (Å²) in [7, 11) is 0. The Kier molecular flexibility index (Phi) is 6.65. The van der Waals surface area contributed by atoms with Crippen LogP contribution in [-0.4, -0.2) is 52.7 Å². The van der Waals surface area contributed by atoms with Crippen molar-refractivity contribution in [3.8, 4) is 5.75 Å². The third kappa shape index (κ3) is 5.07. The summed E-state index contributed by atoms with van der Waals surface area (Å²) in [6.07, 6.45) is 5.11. The number of fused-ring (bicyclic) bond motifs is 1. The van der Waals surface area contributed by atoms with Gasteiger partial charge in [-0.05, 0) is 80.4 Å². The van der Waals surface area contributed by atoms with E-state index in [1.807, 2.05) is 35.2 Å². The minimum absolute atomic E-state index is 0.0552. The molecule has 6 heteroatoms. The van der Waals surface area contributed by atoms with Crippen LogP contribution in [0.4, 0.5) is 4.39 Å². The first-order valence-corrected chi connectivity index (χ1v) is 12.3. The number of piperidine rings is 1. The van der Waals surface area contributed by atoms with Crippen LogP contribution in [0.15, 0.2) is 42.5 Å². The molecule has 176 valence electrons. The third-order valence-electron chi connectivity index (χ3n) is 7.43. The lowest BCUT2D eigenvalue weighted by Crippen LogP contribution is -2.38. The van der Waals surface area contributed by atoms with Gasteiger partial charge in [0.15, 0.2) is 0 Å². The fraction of sp³-hybridized carbons (Fsp3) is 0.519. The second kappa shape index (κ2) is 9.82. The Bertz CT molecular complexity index is 972. The van der Waals surface area contributed by atoms with Crippen molar-refractivity contribution in [1.29, 1.82) is 0 Å². The number of hydrogen-bond acceptors (Lipinski definition) is 4. The predicted molar refractivity (Wildman–Crippen MR) is 124 cm³/mol. The Morgan fingerprint density at radius 2 is 1.76 bits per heavy atom. The Labute approximate surface area is 195 Å². The maximum absolute atomic E-state index is 13.3. The Morgan fingerprint density at radius 3 is 2.52 bits per heavy atom. The van der Waals surface area contributed by atoms with Crippen LogP contribution in [0, 0.1) is 11.7 Å². The van der Waals surface area contributed by atoms with Crippen LogP contribution in [0.25, 0.3) is 0 Å². The fourth-order valence-corrected chi connectivity index (χ4v) is 5.50. The van der Waals surface area contributed by atoms with Crippen LogP contribution in [0.3, 0.4) is 0 Å². The summed E-state index contributed by atoms with van der Waals surface area (Å²) >= 11 is 0. The number of aliphatic hydroxyl groups excluding tert-OH is 1. The van der Waals surface area contributed by atoms with Crippen molar-refractivity contribution >= 4 is 5.91 Å². The van der Waals surface area contributed by atoms with Gasteiger partial charge in [-0.3, -0.25) is 9.69 Å². The van der Waals surface area contributed by atoms with E-state index >= 15 is 0 Å². The fourth-order valence-electron chi connectivity index (χ4n) is 5.50. The molecule has 0 spiro atoms. The molecular weight excluding hydrogens is 419 g/mol. The maximum Gasteiger partial charge on any atom is 0.258 e. The summed E-state index contributed by atoms with van der Waals surface area (Å²) in [6, 6.07) is 12.6. The molecule has 2 atom stereocenters. The molecule has 1 N–H and O–H groups in total. The van der Waals surface area contributed by atoms with E-state index in [0.29, 0.717) is 23.8 Å². The van der Waals surface area contributed by atoms with Crippen LogP contribution in [0.1, 0.15) is 60.0 Å². The van der Waals surface area contributed by atoms with Gasteiger partial charge in [-0.1, -0.05) is 30.7 Å². The Hall–Kier alpha value is -2.44. The molecule has 33 heavy (non-hydrogen) atoms. The average molecular weight is 453 g/mol. The van der Waals surface area contributed by atoms with Gasteiger partial charge in [-0.2, -0.15) is 0 Å². The highest BCUT2D eigenvalue weighted by atomic mass is 19.1. The van der Waals surface area contributed by atoms with Crippen LogP contribution in [0.2, 0.25) is 0 Å². The van der Waals surface area contributed by atoms with E-state index in [1.54, 1.807) is 0 Å². The highest BCUT2D eigenvalue weighted by Gasteiger charge is 2.34. The molecule has 2 aliphatic heterocycles. The summed E-state index contributed by atoms with van der Waals surface area (Å²) in [5.41, 5.74) is 2.84. The van der Waals surface area contributed by atoms with E-state index in [0.717, 1.165) is 75.8 Å². The molecule has 2 fully saturated rings. The predicted octanol–water partition coefficient (Wildman–Crippen LogP) is 4.38. The number of ether oxygens (including phenoxy) is 1. The van der Waals surface area contributed by atoms with Gasteiger partial charge in [-0.15, -0.1) is 0 Å². The maximum atomic E-state index is 13.3. The molecular formula is C27H33FN2O3. The van der Waals surface area contributed by atoms with Crippen LogP contribution < -0.4 is 4.74 Å². The molecule has 1 saturated heterocycles. The lowest BCUT2D eigenvalue weighted by Gasteiger charge is -2.34. The van der Waals surface area contributed by atoms with Crippen molar-refractivity contribution in [2.45, 2.75) is 63.8 Å². The average Bonchev–Trinajstić information content (AvgIpc) is 3.14. The van der Waals surface area contributed by atoms with Gasteiger partial charge in [-0.25, -0.2) is 4.39 Å². The monoisotopic (exact) mass is 452 g/mol. The number of likely N-dealkylation sites (tertiary alicyclic amines) is 1. The van der Waals surface area contributed by atoms with Crippen molar-refractivity contribution in [1.82, 2.24) is 9.80 Å². The van der Waals surface area contributed by atoms with Crippen molar-refractivity contribution in [3.63, 3.8) is 0 Å². The number of amides is 1. The van der Waals surface area contributed by atoms with Crippen LogP contribution >= 0.6 is 0 Å². The van der Waals surface area contributed by atoms with E-state index in [-0.39, 0.29) is 17.8 Å². The lowest BCUT2D eigenvalue weighted by atomic mass is 9.94. The van der Waals surface area contributed by atoms with Gasteiger partial charge in [0.1, 0.15) is 17.7 Å². The Morgan fingerprint density at radius 1 is 1.00 bits per heavy atom. The number of rotatable bonds is 6. The molecule has 0 aromatic heterocycles. The number of carbonyl (C=O) groups excluding carboxylic acids is 1. The standard InChI is InChI=1S/C27H33FN2O3/c28-22-10-8-19(9-11-22)16-29-14-12-20(13-15-29)17-30-18-21-4-3-7-25(26(21)27(30)32)33-24-6-2-1-5-23(24)31/h3-4,7-11,20,23-24,31H,1-2,5-6,12-18H2/t23-,24-/m1/s1. The van der Waals surface area contributed by atoms with Crippen LogP contribution in [-0.2, 0) is 13.1 Å². The molecule has 3 aliphatic rings. The summed E-state index contributed by atoms with van der Waals surface area (Å²) < 4.78 is 19.3. The van der Waals surface area contributed by atoms with Gasteiger partial charge < -0.3 is 14.7 Å². The quantitative estimate of drug-likeness (QED) is 0.707. The first kappa shape index (κ1) is 22.4. The molecule has 0 unspecified atom stereocenters. The molecule has 5 rings (SSSR count). The number of hydrogen-bond donors (Lipinski definition) is 1. The summed E-state index contributed by atoms with van der Waals surface area (Å²) in [4.78, 5) is 17.7. The molecule has 2 aromatic carbocycles. The molecule has 2 aromatic rings. The molecule has 0 radical (unpaired) electrons. The molecule has 2 heterocycles. The van der Waals surface area contributed by atoms with E-state index in [9.17, 15) is 14.3 Å². The second-order valence-corrected chi connectivity index (χ2v) is 9.83. The third-order valence-corrected chi connectivity index (χ3v) is 7.43. The van der Waals surface area contributed by atoms with E-state index < -0.39 is 6.10 Å². The first-order valence-electron chi connectivity index (χ1n) is 12.3. The van der Waals surface area contributed by atoms with Gasteiger partial charge in [0.2, 0.25) is 0 Å². The molecule has 5 nitrogen and oxygen atoms in total. The minimum atomic E-state index is -0.456.